The molecule has 1 heterocycles. The predicted molar refractivity (Wildman–Crippen MR) is 66.2 cm³/mol. The van der Waals surface area contributed by atoms with E-state index in [0.717, 1.165) is 4.90 Å². The zero-order chi connectivity index (χ0) is 15.5. The van der Waals surface area contributed by atoms with Gasteiger partial charge in [0.05, 0.1) is 24.2 Å². The summed E-state index contributed by atoms with van der Waals surface area (Å²) < 4.78 is 16.3. The van der Waals surface area contributed by atoms with Gasteiger partial charge in [-0.05, 0) is 33.6 Å². The van der Waals surface area contributed by atoms with Crippen LogP contribution in [0.5, 0.6) is 0 Å². The highest BCUT2D eigenvalue weighted by molar-refractivity contribution is 7.49. The van der Waals surface area contributed by atoms with Gasteiger partial charge in [-0.2, -0.15) is 0 Å². The maximum absolute atomic E-state index is 12.1. The van der Waals surface area contributed by atoms with Gasteiger partial charge in [-0.3, -0.25) is 9.36 Å². The number of nitrogens with one attached hydrogen (secondary N) is 1. The molecule has 1 aliphatic rings. The molecule has 1 rings (SSSR count). The Morgan fingerprint density at radius 1 is 1.40 bits per heavy atom. The number of nitrogens with zero attached hydrogens (tertiary/aromatic N) is 1. The lowest BCUT2D eigenvalue weighted by Crippen LogP contribution is -2.52. The molecule has 116 valence electrons. The highest BCUT2D eigenvalue weighted by Crippen LogP contribution is 2.34. The molecule has 0 bridgehead atoms. The van der Waals surface area contributed by atoms with Gasteiger partial charge >= 0.3 is 0 Å². The minimum Gasteiger partial charge on any atom is -0.766 e. The molecule has 9 heteroatoms. The third-order valence-electron chi connectivity index (χ3n) is 2.88. The Balaban J connectivity index is 2.67. The summed E-state index contributed by atoms with van der Waals surface area (Å²) in [6.07, 6.45) is 0.323. The highest BCUT2D eigenvalue weighted by atomic mass is 31.2. The van der Waals surface area contributed by atoms with Crippen molar-refractivity contribution < 1.29 is 28.7 Å². The highest BCUT2D eigenvalue weighted by Gasteiger charge is 2.33. The van der Waals surface area contributed by atoms with E-state index in [1.54, 1.807) is 13.8 Å². The average Bonchev–Trinajstić information content (AvgIpc) is 2.73. The number of hydrogen-bond donors (Lipinski definition) is 1. The first-order valence-corrected chi connectivity index (χ1v) is 7.97. The number of rotatable bonds is 6. The summed E-state index contributed by atoms with van der Waals surface area (Å²) in [5.41, 5.74) is 0. The minimum atomic E-state index is -4.35. The van der Waals surface area contributed by atoms with E-state index >= 15 is 0 Å². The van der Waals surface area contributed by atoms with Crippen molar-refractivity contribution in [3.63, 3.8) is 0 Å². The molecule has 1 saturated heterocycles. The van der Waals surface area contributed by atoms with Gasteiger partial charge < -0.3 is 24.2 Å². The molecule has 0 radical (unpaired) electrons. The van der Waals surface area contributed by atoms with Crippen molar-refractivity contribution in [1.82, 2.24) is 9.99 Å². The number of aliphatic carboxylic acids is 1. The molecule has 1 N–H and O–H groups in total. The van der Waals surface area contributed by atoms with Crippen LogP contribution in [0.4, 0.5) is 0 Å². The van der Waals surface area contributed by atoms with Crippen LogP contribution in [-0.4, -0.2) is 41.5 Å². The molecular formula is C11H19N2O6P-2. The van der Waals surface area contributed by atoms with Crippen molar-refractivity contribution in [2.45, 2.75) is 51.8 Å². The second-order valence-corrected chi connectivity index (χ2v) is 6.48. The van der Waals surface area contributed by atoms with Crippen molar-refractivity contribution >= 4 is 19.6 Å². The molecule has 0 aromatic heterocycles. The van der Waals surface area contributed by atoms with Crippen molar-refractivity contribution in [2.75, 3.05) is 6.54 Å². The number of likely N-dealkylation sites (tertiary alicyclic amines) is 1. The van der Waals surface area contributed by atoms with Gasteiger partial charge in [-0.25, -0.2) is 5.09 Å². The normalized spacial score (nSPS) is 23.6. The Morgan fingerprint density at radius 3 is 2.50 bits per heavy atom. The van der Waals surface area contributed by atoms with Gasteiger partial charge in [0.2, 0.25) is 13.7 Å². The molecular weight excluding hydrogens is 287 g/mol. The fraction of sp³-hybridized carbons (Fsp3) is 0.818. The zero-order valence-corrected chi connectivity index (χ0v) is 12.6. The average molecular weight is 306 g/mol. The van der Waals surface area contributed by atoms with Crippen LogP contribution in [0.15, 0.2) is 0 Å². The van der Waals surface area contributed by atoms with Crippen LogP contribution in [0.2, 0.25) is 0 Å². The molecule has 0 aliphatic carbocycles. The van der Waals surface area contributed by atoms with E-state index < -0.39 is 37.8 Å². The van der Waals surface area contributed by atoms with Gasteiger partial charge in [0, 0.05) is 6.54 Å². The SMILES string of the molecule is CC(C)OP(=O)([O-])N[C@@H](C)C(=O)N1CCC[C@H]1C(=O)[O-]. The summed E-state index contributed by atoms with van der Waals surface area (Å²) >= 11 is 0. The number of hydrogen-bond acceptors (Lipinski definition) is 6. The Morgan fingerprint density at radius 2 is 2.00 bits per heavy atom. The number of carbonyl (C=O) groups is 2. The molecule has 0 spiro atoms. The molecule has 0 aromatic carbocycles. The van der Waals surface area contributed by atoms with Crippen LogP contribution < -0.4 is 15.1 Å². The number of carboxylic acid groups (broad SMARTS) is 1. The fourth-order valence-corrected chi connectivity index (χ4v) is 3.33. The second kappa shape index (κ2) is 6.67. The lowest BCUT2D eigenvalue weighted by molar-refractivity contribution is -0.310. The molecule has 1 fully saturated rings. The Hall–Kier alpha value is -0.950. The van der Waals surface area contributed by atoms with Crippen LogP contribution in [0, 0.1) is 0 Å². The molecule has 8 nitrogen and oxygen atoms in total. The van der Waals surface area contributed by atoms with Crippen molar-refractivity contribution in [1.29, 1.82) is 0 Å². The number of carboxylic acids is 1. The lowest BCUT2D eigenvalue weighted by Gasteiger charge is -2.32. The first-order valence-electron chi connectivity index (χ1n) is 6.42. The van der Waals surface area contributed by atoms with E-state index in [2.05, 4.69) is 9.61 Å². The summed E-state index contributed by atoms with van der Waals surface area (Å²) in [6.45, 7) is 4.72. The van der Waals surface area contributed by atoms with E-state index in [0.29, 0.717) is 12.8 Å². The fourth-order valence-electron chi connectivity index (χ4n) is 2.12. The molecule has 20 heavy (non-hydrogen) atoms. The lowest BCUT2D eigenvalue weighted by atomic mass is 10.2. The van der Waals surface area contributed by atoms with Crippen LogP contribution >= 0.6 is 7.75 Å². The van der Waals surface area contributed by atoms with Crippen LogP contribution in [0.25, 0.3) is 0 Å². The van der Waals surface area contributed by atoms with E-state index in [4.69, 9.17) is 0 Å². The van der Waals surface area contributed by atoms with Crippen molar-refractivity contribution in [3.05, 3.63) is 0 Å². The van der Waals surface area contributed by atoms with Gasteiger partial charge in [-0.15, -0.1) is 0 Å². The van der Waals surface area contributed by atoms with E-state index in [-0.39, 0.29) is 6.54 Å². The van der Waals surface area contributed by atoms with Gasteiger partial charge in [0.15, 0.2) is 0 Å². The Bertz CT molecular complexity index is 427. The summed E-state index contributed by atoms with van der Waals surface area (Å²) in [6, 6.07) is -2.08. The minimum absolute atomic E-state index is 0.275. The van der Waals surface area contributed by atoms with Crippen LogP contribution in [-0.2, 0) is 18.7 Å². The molecule has 1 unspecified atom stereocenters. The molecule has 3 atom stereocenters. The molecule has 0 aromatic rings. The summed E-state index contributed by atoms with van der Waals surface area (Å²) in [5, 5.41) is 13.0. The first kappa shape index (κ1) is 17.1. The predicted octanol–water partition coefficient (Wildman–Crippen LogP) is -1.40. The largest absolute Gasteiger partial charge is 0.766 e. The number of carbonyl (C=O) groups excluding carboxylic acids is 2. The second-order valence-electron chi connectivity index (χ2n) is 5.01. The summed E-state index contributed by atoms with van der Waals surface area (Å²) in [7, 11) is -4.35. The van der Waals surface area contributed by atoms with E-state index in [1.807, 2.05) is 0 Å². The van der Waals surface area contributed by atoms with Gasteiger partial charge in [0.1, 0.15) is 0 Å². The van der Waals surface area contributed by atoms with Crippen molar-refractivity contribution in [2.24, 2.45) is 0 Å². The van der Waals surface area contributed by atoms with Crippen LogP contribution in [0.1, 0.15) is 33.6 Å². The first-order chi connectivity index (χ1) is 9.14. The summed E-state index contributed by atoms with van der Waals surface area (Å²) in [5.74, 6) is -1.92. The topological polar surface area (TPSA) is 122 Å². The molecule has 1 aliphatic heterocycles. The third kappa shape index (κ3) is 4.56. The Kier molecular flexibility index (Phi) is 5.70. The molecule has 0 saturated carbocycles. The third-order valence-corrected chi connectivity index (χ3v) is 4.28. The zero-order valence-electron chi connectivity index (χ0n) is 11.7. The van der Waals surface area contributed by atoms with Gasteiger partial charge in [-0.1, -0.05) is 0 Å². The maximum Gasteiger partial charge on any atom is 0.240 e. The molecule has 1 amide bonds. The Labute approximate surface area is 117 Å². The number of amides is 1. The van der Waals surface area contributed by atoms with Gasteiger partial charge in [0.25, 0.3) is 0 Å². The van der Waals surface area contributed by atoms with E-state index in [9.17, 15) is 24.2 Å². The maximum atomic E-state index is 12.1. The smallest absolute Gasteiger partial charge is 0.240 e. The van der Waals surface area contributed by atoms with E-state index in [1.165, 1.54) is 6.92 Å². The standard InChI is InChI=1S/C11H21N2O6P/c1-7(2)19-20(17,18)12-8(3)10(14)13-6-4-5-9(13)11(15)16/h7-9H,4-6H2,1-3H3,(H,15,16)(H2,12,17,18)/p-2/t8-,9-/m0/s1. The van der Waals surface area contributed by atoms with Crippen LogP contribution in [0.3, 0.4) is 0 Å². The summed E-state index contributed by atoms with van der Waals surface area (Å²) in [4.78, 5) is 35.7. The quantitative estimate of drug-likeness (QED) is 0.599. The monoisotopic (exact) mass is 306 g/mol. The van der Waals surface area contributed by atoms with Crippen molar-refractivity contribution in [3.8, 4) is 0 Å².